The summed E-state index contributed by atoms with van der Waals surface area (Å²) in [6.45, 7) is 5.57. The van der Waals surface area contributed by atoms with Gasteiger partial charge in [-0.15, -0.1) is 0 Å². The predicted octanol–water partition coefficient (Wildman–Crippen LogP) is 2.56. The lowest BCUT2D eigenvalue weighted by Crippen LogP contribution is -2.58. The molecule has 2 aliphatic heterocycles. The van der Waals surface area contributed by atoms with Crippen LogP contribution >= 0.6 is 0 Å². The van der Waals surface area contributed by atoms with Gasteiger partial charge in [0.1, 0.15) is 6.10 Å². The lowest BCUT2D eigenvalue weighted by atomic mass is 9.86. The van der Waals surface area contributed by atoms with Crippen molar-refractivity contribution in [3.05, 3.63) is 35.9 Å². The molecular formula is C18H27NO4S. The molecule has 0 aromatic heterocycles. The molecule has 1 aromatic carbocycles. The van der Waals surface area contributed by atoms with Gasteiger partial charge >= 0.3 is 0 Å². The Labute approximate surface area is 145 Å². The predicted molar refractivity (Wildman–Crippen MR) is 93.2 cm³/mol. The summed E-state index contributed by atoms with van der Waals surface area (Å²) < 4.78 is 38.9. The van der Waals surface area contributed by atoms with E-state index in [1.165, 1.54) is 0 Å². The van der Waals surface area contributed by atoms with Crippen LogP contribution in [0.25, 0.3) is 0 Å². The van der Waals surface area contributed by atoms with Crippen molar-refractivity contribution in [1.29, 1.82) is 0 Å². The van der Waals surface area contributed by atoms with Gasteiger partial charge < -0.3 is 9.47 Å². The molecule has 1 aromatic rings. The highest BCUT2D eigenvalue weighted by Gasteiger charge is 2.49. The van der Waals surface area contributed by atoms with Crippen LogP contribution in [0.5, 0.6) is 0 Å². The van der Waals surface area contributed by atoms with Crippen LogP contribution in [0.15, 0.2) is 30.3 Å². The smallest absolute Gasteiger partial charge is 0.216 e. The highest BCUT2D eigenvalue weighted by molar-refractivity contribution is 7.89. The number of sulfonamides is 1. The van der Waals surface area contributed by atoms with Gasteiger partial charge in [0.05, 0.1) is 17.5 Å². The van der Waals surface area contributed by atoms with Crippen LogP contribution in [0.4, 0.5) is 0 Å². The van der Waals surface area contributed by atoms with Crippen LogP contribution in [-0.4, -0.2) is 49.4 Å². The molecular weight excluding hydrogens is 326 g/mol. The SMILES string of the molecule is CC(C)S(=O)(=O)N1CC[C@@]2(CCCO2)[C@@H](OCc2ccccc2)C1. The second-order valence-electron chi connectivity index (χ2n) is 7.00. The Kier molecular flexibility index (Phi) is 5.30. The average molecular weight is 353 g/mol. The highest BCUT2D eigenvalue weighted by Crippen LogP contribution is 2.39. The standard InChI is InChI=1S/C18H27NO4S/c1-15(2)24(20,21)19-11-10-18(9-6-12-23-18)17(13-19)22-14-16-7-4-3-5-8-16/h3-5,7-8,15,17H,6,9-14H2,1-2H3/t17-,18-/m0/s1. The van der Waals surface area contributed by atoms with Crippen molar-refractivity contribution in [1.82, 2.24) is 4.31 Å². The maximum Gasteiger partial charge on any atom is 0.216 e. The van der Waals surface area contributed by atoms with E-state index in [0.29, 0.717) is 26.1 Å². The minimum atomic E-state index is -3.26. The second-order valence-corrected chi connectivity index (χ2v) is 9.49. The largest absolute Gasteiger partial charge is 0.372 e. The van der Waals surface area contributed by atoms with Gasteiger partial charge in [-0.3, -0.25) is 0 Å². The molecule has 6 heteroatoms. The maximum atomic E-state index is 12.5. The van der Waals surface area contributed by atoms with Crippen molar-refractivity contribution in [2.45, 2.75) is 56.7 Å². The van der Waals surface area contributed by atoms with Crippen LogP contribution in [-0.2, 0) is 26.1 Å². The first-order valence-corrected chi connectivity index (χ1v) is 10.2. The molecule has 2 atom stereocenters. The quantitative estimate of drug-likeness (QED) is 0.816. The first-order chi connectivity index (χ1) is 11.4. The minimum absolute atomic E-state index is 0.220. The molecule has 2 aliphatic rings. The fourth-order valence-corrected chi connectivity index (χ4v) is 4.88. The van der Waals surface area contributed by atoms with Crippen LogP contribution < -0.4 is 0 Å². The number of ether oxygens (including phenoxy) is 2. The third-order valence-electron chi connectivity index (χ3n) is 5.12. The average Bonchev–Trinajstić information content (AvgIpc) is 3.04. The molecule has 0 N–H and O–H groups in total. The molecule has 0 amide bonds. The number of piperidine rings is 1. The number of hydrogen-bond acceptors (Lipinski definition) is 4. The summed E-state index contributed by atoms with van der Waals surface area (Å²) >= 11 is 0. The van der Waals surface area contributed by atoms with E-state index in [4.69, 9.17) is 9.47 Å². The molecule has 0 bridgehead atoms. The summed E-state index contributed by atoms with van der Waals surface area (Å²) in [7, 11) is -3.26. The van der Waals surface area contributed by atoms with Crippen molar-refractivity contribution >= 4 is 10.0 Å². The molecule has 0 aliphatic carbocycles. The zero-order valence-corrected chi connectivity index (χ0v) is 15.3. The zero-order chi connectivity index (χ0) is 17.2. The van der Waals surface area contributed by atoms with Gasteiger partial charge in [0.2, 0.25) is 10.0 Å². The maximum absolute atomic E-state index is 12.5. The Morgan fingerprint density at radius 1 is 1.29 bits per heavy atom. The number of hydrogen-bond donors (Lipinski definition) is 0. The topological polar surface area (TPSA) is 55.8 Å². The van der Waals surface area contributed by atoms with E-state index in [1.807, 2.05) is 30.3 Å². The van der Waals surface area contributed by atoms with Crippen LogP contribution in [0, 0.1) is 0 Å². The van der Waals surface area contributed by atoms with Crippen LogP contribution in [0.1, 0.15) is 38.7 Å². The van der Waals surface area contributed by atoms with E-state index in [9.17, 15) is 8.42 Å². The molecule has 2 fully saturated rings. The summed E-state index contributed by atoms with van der Waals surface area (Å²) in [5.41, 5.74) is 0.770. The van der Waals surface area contributed by atoms with Crippen molar-refractivity contribution in [2.75, 3.05) is 19.7 Å². The molecule has 2 heterocycles. The molecule has 134 valence electrons. The molecule has 0 unspecified atom stereocenters. The van der Waals surface area contributed by atoms with Gasteiger partial charge in [0, 0.05) is 19.7 Å². The van der Waals surface area contributed by atoms with Gasteiger partial charge in [0.25, 0.3) is 0 Å². The van der Waals surface area contributed by atoms with Crippen molar-refractivity contribution in [3.8, 4) is 0 Å². The van der Waals surface area contributed by atoms with Gasteiger partial charge in [-0.05, 0) is 38.7 Å². The summed E-state index contributed by atoms with van der Waals surface area (Å²) in [5.74, 6) is 0. The number of rotatable bonds is 5. The van der Waals surface area contributed by atoms with E-state index in [2.05, 4.69) is 0 Å². The van der Waals surface area contributed by atoms with E-state index in [0.717, 1.165) is 25.0 Å². The Morgan fingerprint density at radius 3 is 2.67 bits per heavy atom. The summed E-state index contributed by atoms with van der Waals surface area (Å²) in [5, 5.41) is -0.411. The molecule has 1 spiro atoms. The second kappa shape index (κ2) is 7.12. The Morgan fingerprint density at radius 2 is 2.04 bits per heavy atom. The van der Waals surface area contributed by atoms with Gasteiger partial charge in [0.15, 0.2) is 0 Å². The van der Waals surface area contributed by atoms with Crippen molar-refractivity contribution in [2.24, 2.45) is 0 Å². The fraction of sp³-hybridized carbons (Fsp3) is 0.667. The summed E-state index contributed by atoms with van der Waals surface area (Å²) in [6, 6.07) is 9.98. The lowest BCUT2D eigenvalue weighted by molar-refractivity contribution is -0.148. The Hall–Kier alpha value is -0.950. The van der Waals surface area contributed by atoms with E-state index in [-0.39, 0.29) is 11.7 Å². The van der Waals surface area contributed by atoms with Gasteiger partial charge in [-0.25, -0.2) is 8.42 Å². The Bertz CT molecular complexity index is 638. The van der Waals surface area contributed by atoms with Crippen molar-refractivity contribution < 1.29 is 17.9 Å². The third kappa shape index (κ3) is 3.52. The van der Waals surface area contributed by atoms with E-state index in [1.54, 1.807) is 18.2 Å². The van der Waals surface area contributed by atoms with Crippen LogP contribution in [0.2, 0.25) is 0 Å². The molecule has 24 heavy (non-hydrogen) atoms. The lowest BCUT2D eigenvalue weighted by Gasteiger charge is -2.44. The Balaban J connectivity index is 1.75. The normalized spacial score (nSPS) is 28.7. The zero-order valence-electron chi connectivity index (χ0n) is 14.5. The minimum Gasteiger partial charge on any atom is -0.372 e. The first kappa shape index (κ1) is 17.9. The molecule has 3 rings (SSSR count). The molecule has 2 saturated heterocycles. The van der Waals surface area contributed by atoms with Crippen LogP contribution in [0.3, 0.4) is 0 Å². The van der Waals surface area contributed by atoms with Crippen molar-refractivity contribution in [3.63, 3.8) is 0 Å². The third-order valence-corrected chi connectivity index (χ3v) is 7.37. The van der Waals surface area contributed by atoms with E-state index < -0.39 is 15.3 Å². The van der Waals surface area contributed by atoms with E-state index >= 15 is 0 Å². The van der Waals surface area contributed by atoms with Gasteiger partial charge in [-0.1, -0.05) is 30.3 Å². The van der Waals surface area contributed by atoms with Gasteiger partial charge in [-0.2, -0.15) is 4.31 Å². The molecule has 0 saturated carbocycles. The monoisotopic (exact) mass is 353 g/mol. The summed E-state index contributed by atoms with van der Waals surface area (Å²) in [4.78, 5) is 0. The molecule has 0 radical (unpaired) electrons. The first-order valence-electron chi connectivity index (χ1n) is 8.72. The highest BCUT2D eigenvalue weighted by atomic mass is 32.2. The fourth-order valence-electron chi connectivity index (χ4n) is 3.59. The molecule has 5 nitrogen and oxygen atoms in total. The summed E-state index contributed by atoms with van der Waals surface area (Å²) in [6.07, 6.45) is 2.45. The number of nitrogens with zero attached hydrogens (tertiary/aromatic N) is 1. The number of benzene rings is 1.